The molecular weight excluding hydrogens is 386 g/mol. The van der Waals surface area contributed by atoms with E-state index in [1.807, 2.05) is 18.2 Å². The first-order valence-electron chi connectivity index (χ1n) is 9.79. The van der Waals surface area contributed by atoms with E-state index in [1.165, 1.54) is 0 Å². The molecular formula is C21H21N5O4. The van der Waals surface area contributed by atoms with Crippen LogP contribution in [-0.2, 0) is 11.3 Å². The van der Waals surface area contributed by atoms with Gasteiger partial charge >= 0.3 is 0 Å². The zero-order valence-electron chi connectivity index (χ0n) is 16.4. The van der Waals surface area contributed by atoms with Crippen molar-refractivity contribution in [2.75, 3.05) is 12.3 Å². The van der Waals surface area contributed by atoms with Crippen LogP contribution in [0.3, 0.4) is 0 Å². The topological polar surface area (TPSA) is 131 Å². The van der Waals surface area contributed by atoms with Crippen molar-refractivity contribution in [3.8, 4) is 22.9 Å². The maximum absolute atomic E-state index is 11.4. The number of nitrogen functional groups attached to an aromatic ring is 1. The van der Waals surface area contributed by atoms with E-state index in [1.54, 1.807) is 19.1 Å². The molecule has 1 amide bonds. The summed E-state index contributed by atoms with van der Waals surface area (Å²) in [5.74, 6) is 1.41. The van der Waals surface area contributed by atoms with Gasteiger partial charge in [-0.1, -0.05) is 0 Å². The molecule has 0 radical (unpaired) electrons. The van der Waals surface area contributed by atoms with Crippen LogP contribution in [-0.4, -0.2) is 33.2 Å². The lowest BCUT2D eigenvalue weighted by Gasteiger charge is -2.18. The molecule has 0 bridgehead atoms. The van der Waals surface area contributed by atoms with Crippen molar-refractivity contribution < 1.29 is 18.7 Å². The van der Waals surface area contributed by atoms with Gasteiger partial charge < -0.3 is 29.9 Å². The Morgan fingerprint density at radius 3 is 2.90 bits per heavy atom. The van der Waals surface area contributed by atoms with Gasteiger partial charge in [-0.2, -0.15) is 4.98 Å². The lowest BCUT2D eigenvalue weighted by molar-refractivity contribution is -0.123. The van der Waals surface area contributed by atoms with Crippen molar-refractivity contribution in [3.05, 3.63) is 30.3 Å². The number of amides is 1. The number of fused-ring (bicyclic) bond motifs is 1. The molecule has 3 heterocycles. The third kappa shape index (κ3) is 3.08. The average molecular weight is 407 g/mol. The Balaban J connectivity index is 1.68. The number of aromatic nitrogens is 3. The molecule has 9 nitrogen and oxygen atoms in total. The summed E-state index contributed by atoms with van der Waals surface area (Å²) in [7, 11) is 0. The number of oxazole rings is 1. The largest absolute Gasteiger partial charge is 0.491 e. The van der Waals surface area contributed by atoms with Gasteiger partial charge in [0.15, 0.2) is 11.7 Å². The predicted molar refractivity (Wildman–Crippen MR) is 111 cm³/mol. The molecule has 5 rings (SSSR count). The Bertz CT molecular complexity index is 1280. The monoisotopic (exact) mass is 407 g/mol. The van der Waals surface area contributed by atoms with Crippen LogP contribution in [0.2, 0.25) is 0 Å². The summed E-state index contributed by atoms with van der Waals surface area (Å²) in [6.07, 6.45) is 1.12. The zero-order chi connectivity index (χ0) is 20.8. The van der Waals surface area contributed by atoms with Crippen molar-refractivity contribution in [3.63, 3.8) is 0 Å². The van der Waals surface area contributed by atoms with Crippen LogP contribution in [0, 0.1) is 0 Å². The maximum atomic E-state index is 11.4. The molecule has 4 N–H and O–H groups in total. The van der Waals surface area contributed by atoms with Crippen molar-refractivity contribution >= 4 is 34.1 Å². The SMILES string of the molecule is C[C@@H](Oc1cc2c3c(c1)nc(-c1ccc4oc(N)nc4c1)n3CCCCO2)C(N)=O. The summed E-state index contributed by atoms with van der Waals surface area (Å²) in [5, 5.41) is 0. The number of aryl methyl sites for hydroxylation is 1. The Hall–Kier alpha value is -3.75. The van der Waals surface area contributed by atoms with E-state index in [2.05, 4.69) is 9.55 Å². The Labute approximate surface area is 171 Å². The van der Waals surface area contributed by atoms with Crippen molar-refractivity contribution in [1.29, 1.82) is 0 Å². The molecule has 2 aromatic carbocycles. The van der Waals surface area contributed by atoms with Gasteiger partial charge in [-0.3, -0.25) is 4.79 Å². The number of anilines is 1. The molecule has 0 saturated carbocycles. The number of rotatable bonds is 4. The standard InChI is InChI=1S/C21H21N5O4/c1-11(19(22)27)29-13-9-15-18-17(10-13)28-7-3-2-6-26(18)20(24-15)12-4-5-16-14(8-12)25-21(23)30-16/h4-5,8-11H,2-3,6-7H2,1H3,(H2,22,27)(H2,23,25)/t11-/m1/s1. The number of carbonyl (C=O) groups excluding carboxylic acids is 1. The molecule has 1 atom stereocenters. The molecule has 0 spiro atoms. The van der Waals surface area contributed by atoms with Gasteiger partial charge in [0.25, 0.3) is 11.9 Å². The average Bonchev–Trinajstić information content (AvgIpc) is 3.24. The number of nitrogens with zero attached hydrogens (tertiary/aromatic N) is 3. The van der Waals surface area contributed by atoms with Crippen molar-refractivity contribution in [1.82, 2.24) is 14.5 Å². The molecule has 0 unspecified atom stereocenters. The summed E-state index contributed by atoms with van der Waals surface area (Å²) >= 11 is 0. The van der Waals surface area contributed by atoms with E-state index in [9.17, 15) is 4.79 Å². The fourth-order valence-electron chi connectivity index (χ4n) is 3.72. The molecule has 1 aliphatic rings. The van der Waals surface area contributed by atoms with Gasteiger partial charge in [-0.05, 0) is 38.0 Å². The lowest BCUT2D eigenvalue weighted by atomic mass is 10.2. The molecule has 154 valence electrons. The van der Waals surface area contributed by atoms with Crippen LogP contribution in [0.15, 0.2) is 34.7 Å². The smallest absolute Gasteiger partial charge is 0.292 e. The van der Waals surface area contributed by atoms with Gasteiger partial charge in [0.05, 0.1) is 12.1 Å². The third-order valence-corrected chi connectivity index (χ3v) is 5.19. The minimum absolute atomic E-state index is 0.131. The molecule has 30 heavy (non-hydrogen) atoms. The van der Waals surface area contributed by atoms with E-state index in [-0.39, 0.29) is 6.01 Å². The quantitative estimate of drug-likeness (QED) is 0.532. The highest BCUT2D eigenvalue weighted by Crippen LogP contribution is 2.37. The summed E-state index contributed by atoms with van der Waals surface area (Å²) in [6, 6.07) is 9.40. The predicted octanol–water partition coefficient (Wildman–Crippen LogP) is 2.85. The fraction of sp³-hybridized carbons (Fsp3) is 0.286. The minimum Gasteiger partial charge on any atom is -0.491 e. The van der Waals surface area contributed by atoms with E-state index in [0.29, 0.717) is 29.2 Å². The number of carbonyl (C=O) groups is 1. The van der Waals surface area contributed by atoms with E-state index in [4.69, 9.17) is 30.3 Å². The number of benzene rings is 2. The van der Waals surface area contributed by atoms with E-state index < -0.39 is 12.0 Å². The van der Waals surface area contributed by atoms with E-state index in [0.717, 1.165) is 41.8 Å². The highest BCUT2D eigenvalue weighted by Gasteiger charge is 2.21. The van der Waals surface area contributed by atoms with Crippen LogP contribution in [0.25, 0.3) is 33.5 Å². The Morgan fingerprint density at radius 2 is 2.07 bits per heavy atom. The molecule has 4 aromatic rings. The lowest BCUT2D eigenvalue weighted by Crippen LogP contribution is -2.30. The number of ether oxygens (including phenoxy) is 2. The van der Waals surface area contributed by atoms with Crippen molar-refractivity contribution in [2.45, 2.75) is 32.4 Å². The minimum atomic E-state index is -0.759. The van der Waals surface area contributed by atoms with E-state index >= 15 is 0 Å². The second kappa shape index (κ2) is 6.94. The highest BCUT2D eigenvalue weighted by atomic mass is 16.5. The highest BCUT2D eigenvalue weighted by molar-refractivity contribution is 5.89. The molecule has 0 fully saturated rings. The zero-order valence-corrected chi connectivity index (χ0v) is 16.4. The molecule has 1 aliphatic heterocycles. The second-order valence-electron chi connectivity index (χ2n) is 7.33. The Morgan fingerprint density at radius 1 is 1.20 bits per heavy atom. The van der Waals surface area contributed by atoms with Crippen LogP contribution < -0.4 is 20.9 Å². The van der Waals surface area contributed by atoms with Crippen molar-refractivity contribution in [2.24, 2.45) is 5.73 Å². The number of hydrogen-bond acceptors (Lipinski definition) is 7. The normalized spacial score (nSPS) is 14.8. The summed E-state index contributed by atoms with van der Waals surface area (Å²) < 4.78 is 19.2. The first kappa shape index (κ1) is 18.3. The Kier molecular flexibility index (Phi) is 4.23. The number of nitrogens with two attached hydrogens (primary N) is 2. The van der Waals surface area contributed by atoms with Crippen LogP contribution in [0.1, 0.15) is 19.8 Å². The summed E-state index contributed by atoms with van der Waals surface area (Å²) in [6.45, 7) is 3.02. The first-order chi connectivity index (χ1) is 14.5. The first-order valence-corrected chi connectivity index (χ1v) is 9.79. The van der Waals surface area contributed by atoms with Gasteiger partial charge in [0.1, 0.15) is 28.4 Å². The molecule has 2 aromatic heterocycles. The van der Waals surface area contributed by atoms with Gasteiger partial charge in [0.2, 0.25) is 0 Å². The fourth-order valence-corrected chi connectivity index (χ4v) is 3.72. The van der Waals surface area contributed by atoms with Crippen LogP contribution in [0.4, 0.5) is 6.01 Å². The van der Waals surface area contributed by atoms with Gasteiger partial charge in [-0.25, -0.2) is 4.98 Å². The van der Waals surface area contributed by atoms with Gasteiger partial charge in [0, 0.05) is 24.2 Å². The molecule has 0 saturated heterocycles. The van der Waals surface area contributed by atoms with Gasteiger partial charge in [-0.15, -0.1) is 0 Å². The van der Waals surface area contributed by atoms with Crippen LogP contribution >= 0.6 is 0 Å². The van der Waals surface area contributed by atoms with Crippen LogP contribution in [0.5, 0.6) is 11.5 Å². The summed E-state index contributed by atoms with van der Waals surface area (Å²) in [5.41, 5.74) is 14.8. The number of imidazole rings is 1. The second-order valence-corrected chi connectivity index (χ2v) is 7.33. The summed E-state index contributed by atoms with van der Waals surface area (Å²) in [4.78, 5) is 20.5. The molecule has 0 aliphatic carbocycles. The third-order valence-electron chi connectivity index (χ3n) is 5.19. The maximum Gasteiger partial charge on any atom is 0.292 e. The molecule has 9 heteroatoms. The number of hydrogen-bond donors (Lipinski definition) is 2. The number of primary amides is 1.